The molecule has 0 spiro atoms. The summed E-state index contributed by atoms with van der Waals surface area (Å²) in [6, 6.07) is 16.6. The van der Waals surface area contributed by atoms with E-state index in [1.54, 1.807) is 48.5 Å². The molecule has 7 heteroatoms. The molecule has 3 nitrogen and oxygen atoms in total. The first-order chi connectivity index (χ1) is 14.4. The summed E-state index contributed by atoms with van der Waals surface area (Å²) in [4.78, 5) is 0. The molecule has 0 saturated carbocycles. The van der Waals surface area contributed by atoms with Gasteiger partial charge < -0.3 is 9.47 Å². The minimum Gasteiger partial charge on any atom is -0.493 e. The molecular weight excluding hydrogens is 492 g/mol. The Morgan fingerprint density at radius 3 is 2.47 bits per heavy atom. The molecule has 0 aromatic heterocycles. The van der Waals surface area contributed by atoms with Crippen molar-refractivity contribution in [3.8, 4) is 17.6 Å². The molecule has 0 heterocycles. The first-order valence-corrected chi connectivity index (χ1v) is 10.3. The number of rotatable bonds is 6. The lowest BCUT2D eigenvalue weighted by molar-refractivity contribution is 0.284. The summed E-state index contributed by atoms with van der Waals surface area (Å²) >= 11 is 15.6. The third kappa shape index (κ3) is 5.34. The Morgan fingerprint density at radius 1 is 1.10 bits per heavy atom. The summed E-state index contributed by atoms with van der Waals surface area (Å²) in [5.74, 6) is 0.639. The van der Waals surface area contributed by atoms with Crippen LogP contribution < -0.4 is 9.47 Å². The van der Waals surface area contributed by atoms with Crippen LogP contribution in [-0.2, 0) is 6.61 Å². The molecule has 0 aliphatic heterocycles. The number of nitrogens with zero attached hydrogens (tertiary/aromatic N) is 1. The highest BCUT2D eigenvalue weighted by atomic mass is 79.9. The number of nitriles is 1. The van der Waals surface area contributed by atoms with Gasteiger partial charge in [0.1, 0.15) is 12.4 Å². The zero-order valence-electron chi connectivity index (χ0n) is 15.8. The summed E-state index contributed by atoms with van der Waals surface area (Å²) in [5.41, 5.74) is 2.50. The number of hydrogen-bond acceptors (Lipinski definition) is 3. The molecule has 0 bridgehead atoms. The molecule has 0 aliphatic carbocycles. The molecule has 0 fully saturated rings. The molecular formula is C23H15BrCl2FNO2. The van der Waals surface area contributed by atoms with Crippen LogP contribution in [0.4, 0.5) is 4.39 Å². The normalized spacial score (nSPS) is 11.1. The molecule has 0 radical (unpaired) electrons. The van der Waals surface area contributed by atoms with Gasteiger partial charge in [0.2, 0.25) is 0 Å². The molecule has 0 saturated heterocycles. The lowest BCUT2D eigenvalue weighted by Gasteiger charge is -2.14. The first kappa shape index (κ1) is 22.2. The van der Waals surface area contributed by atoms with Gasteiger partial charge in [-0.3, -0.25) is 0 Å². The maximum atomic E-state index is 13.2. The zero-order chi connectivity index (χ0) is 21.7. The average Bonchev–Trinajstić information content (AvgIpc) is 2.73. The van der Waals surface area contributed by atoms with Crippen molar-refractivity contribution in [1.82, 2.24) is 0 Å². The minimum atomic E-state index is -0.360. The van der Waals surface area contributed by atoms with Gasteiger partial charge in [-0.05, 0) is 53.6 Å². The number of halogens is 4. The Morgan fingerprint density at radius 2 is 1.83 bits per heavy atom. The summed E-state index contributed by atoms with van der Waals surface area (Å²) in [6.45, 7) is 0.229. The van der Waals surface area contributed by atoms with E-state index in [9.17, 15) is 9.65 Å². The lowest BCUT2D eigenvalue weighted by Crippen LogP contribution is -1.99. The van der Waals surface area contributed by atoms with Crippen molar-refractivity contribution in [2.75, 3.05) is 7.11 Å². The monoisotopic (exact) mass is 505 g/mol. The van der Waals surface area contributed by atoms with Gasteiger partial charge in [0.25, 0.3) is 0 Å². The van der Waals surface area contributed by atoms with Gasteiger partial charge in [0.15, 0.2) is 11.5 Å². The molecule has 152 valence electrons. The van der Waals surface area contributed by atoms with Crippen LogP contribution in [-0.4, -0.2) is 7.11 Å². The van der Waals surface area contributed by atoms with Crippen LogP contribution in [0.1, 0.15) is 16.7 Å². The Hall–Kier alpha value is -2.52. The Kier molecular flexibility index (Phi) is 7.38. The molecule has 0 amide bonds. The van der Waals surface area contributed by atoms with Crippen LogP contribution in [0.15, 0.2) is 59.1 Å². The minimum absolute atomic E-state index is 0.229. The Balaban J connectivity index is 1.89. The van der Waals surface area contributed by atoms with E-state index in [0.29, 0.717) is 42.7 Å². The Labute approximate surface area is 192 Å². The molecule has 0 atom stereocenters. The van der Waals surface area contributed by atoms with Gasteiger partial charge in [-0.1, -0.05) is 57.3 Å². The van der Waals surface area contributed by atoms with E-state index in [1.165, 1.54) is 19.2 Å². The molecule has 0 aliphatic rings. The van der Waals surface area contributed by atoms with Crippen molar-refractivity contribution in [3.63, 3.8) is 0 Å². The fourth-order valence-corrected chi connectivity index (χ4v) is 3.59. The second kappa shape index (κ2) is 9.99. The average molecular weight is 507 g/mol. The van der Waals surface area contributed by atoms with Crippen molar-refractivity contribution in [2.24, 2.45) is 0 Å². The van der Waals surface area contributed by atoms with E-state index in [2.05, 4.69) is 22.0 Å². The number of ether oxygens (including phenoxy) is 2. The highest BCUT2D eigenvalue weighted by Gasteiger charge is 2.12. The summed E-state index contributed by atoms with van der Waals surface area (Å²) < 4.78 is 25.2. The van der Waals surface area contributed by atoms with E-state index in [0.717, 1.165) is 5.56 Å². The third-order valence-electron chi connectivity index (χ3n) is 4.26. The maximum absolute atomic E-state index is 13.2. The van der Waals surface area contributed by atoms with E-state index < -0.39 is 0 Å². The van der Waals surface area contributed by atoms with E-state index in [4.69, 9.17) is 32.7 Å². The van der Waals surface area contributed by atoms with Gasteiger partial charge in [-0.2, -0.15) is 5.26 Å². The van der Waals surface area contributed by atoms with Gasteiger partial charge >= 0.3 is 0 Å². The Bertz CT molecular complexity index is 1140. The molecule has 30 heavy (non-hydrogen) atoms. The standard InChI is InChI=1S/C23H15BrCl2FNO2/c1-29-22-9-16(8-17(12-28)14-3-6-19(27)7-4-14)20(24)11-23(22)30-13-15-2-5-18(25)10-21(15)26/h2-11H,13H2,1H3. The lowest BCUT2D eigenvalue weighted by atomic mass is 10.0. The van der Waals surface area contributed by atoms with Gasteiger partial charge in [0, 0.05) is 20.1 Å². The topological polar surface area (TPSA) is 42.2 Å². The van der Waals surface area contributed by atoms with Crippen molar-refractivity contribution < 1.29 is 13.9 Å². The highest BCUT2D eigenvalue weighted by Crippen LogP contribution is 2.36. The molecule has 3 rings (SSSR count). The van der Waals surface area contributed by atoms with Crippen molar-refractivity contribution in [2.45, 2.75) is 6.61 Å². The second-order valence-electron chi connectivity index (χ2n) is 6.23. The third-order valence-corrected chi connectivity index (χ3v) is 5.53. The van der Waals surface area contributed by atoms with Crippen LogP contribution in [0.25, 0.3) is 11.6 Å². The van der Waals surface area contributed by atoms with Crippen LogP contribution in [0, 0.1) is 17.1 Å². The van der Waals surface area contributed by atoms with Crippen molar-refractivity contribution in [1.29, 1.82) is 5.26 Å². The number of hydrogen-bond donors (Lipinski definition) is 0. The van der Waals surface area contributed by atoms with Gasteiger partial charge in [-0.25, -0.2) is 4.39 Å². The highest BCUT2D eigenvalue weighted by molar-refractivity contribution is 9.10. The maximum Gasteiger partial charge on any atom is 0.162 e. The molecule has 0 N–H and O–H groups in total. The summed E-state index contributed by atoms with van der Waals surface area (Å²) in [7, 11) is 1.53. The SMILES string of the molecule is COc1cc(C=C(C#N)c2ccc(F)cc2)c(Br)cc1OCc1ccc(Cl)cc1Cl. The fourth-order valence-electron chi connectivity index (χ4n) is 2.69. The van der Waals surface area contributed by atoms with E-state index in [-0.39, 0.29) is 12.4 Å². The predicted molar refractivity (Wildman–Crippen MR) is 121 cm³/mol. The van der Waals surface area contributed by atoms with Crippen LogP contribution in [0.2, 0.25) is 10.0 Å². The molecule has 0 unspecified atom stereocenters. The first-order valence-electron chi connectivity index (χ1n) is 8.73. The van der Waals surface area contributed by atoms with Crippen LogP contribution in [0.3, 0.4) is 0 Å². The largest absolute Gasteiger partial charge is 0.493 e. The fraction of sp³-hybridized carbons (Fsp3) is 0.0870. The molecule has 3 aromatic rings. The van der Waals surface area contributed by atoms with E-state index >= 15 is 0 Å². The smallest absolute Gasteiger partial charge is 0.162 e. The number of allylic oxidation sites excluding steroid dienone is 1. The van der Waals surface area contributed by atoms with E-state index in [1.807, 2.05) is 0 Å². The van der Waals surface area contributed by atoms with Crippen LogP contribution >= 0.6 is 39.1 Å². The van der Waals surface area contributed by atoms with Crippen molar-refractivity contribution >= 4 is 50.8 Å². The van der Waals surface area contributed by atoms with Gasteiger partial charge in [0.05, 0.1) is 18.8 Å². The quantitative estimate of drug-likeness (QED) is 0.256. The number of benzene rings is 3. The van der Waals surface area contributed by atoms with Crippen molar-refractivity contribution in [3.05, 3.63) is 91.6 Å². The van der Waals surface area contributed by atoms with Gasteiger partial charge in [-0.15, -0.1) is 0 Å². The predicted octanol–water partition coefficient (Wildman–Crippen LogP) is 7.55. The number of methoxy groups -OCH3 is 1. The second-order valence-corrected chi connectivity index (χ2v) is 7.92. The summed E-state index contributed by atoms with van der Waals surface area (Å²) in [5, 5.41) is 10.6. The summed E-state index contributed by atoms with van der Waals surface area (Å²) in [6.07, 6.45) is 1.69. The molecule has 3 aromatic carbocycles. The van der Waals surface area contributed by atoms with Crippen LogP contribution in [0.5, 0.6) is 11.5 Å². The zero-order valence-corrected chi connectivity index (χ0v) is 18.9.